The molecule has 0 aliphatic carbocycles. The summed E-state index contributed by atoms with van der Waals surface area (Å²) in [6.45, 7) is 1.83. The molecule has 2 amide bonds. The van der Waals surface area contributed by atoms with Gasteiger partial charge in [0.25, 0.3) is 5.91 Å². The van der Waals surface area contributed by atoms with Crippen LogP contribution in [-0.2, 0) is 4.79 Å². The fourth-order valence-corrected chi connectivity index (χ4v) is 4.09. The lowest BCUT2D eigenvalue weighted by Gasteiger charge is -2.13. The number of para-hydroxylation sites is 3. The van der Waals surface area contributed by atoms with Gasteiger partial charge in [-0.15, -0.1) is 0 Å². The van der Waals surface area contributed by atoms with Crippen molar-refractivity contribution in [2.75, 3.05) is 17.7 Å². The molecule has 0 radical (unpaired) electrons. The van der Waals surface area contributed by atoms with Gasteiger partial charge in [-0.05, 0) is 49.4 Å². The predicted octanol–water partition coefficient (Wildman–Crippen LogP) is 5.01. The molecule has 1 aromatic heterocycles. The summed E-state index contributed by atoms with van der Waals surface area (Å²) in [6.07, 6.45) is 1.50. The van der Waals surface area contributed by atoms with E-state index in [0.29, 0.717) is 22.7 Å². The summed E-state index contributed by atoms with van der Waals surface area (Å²) in [5.74, 6) is 0.156. The third kappa shape index (κ3) is 5.30. The van der Waals surface area contributed by atoms with E-state index in [1.807, 2.05) is 43.3 Å². The van der Waals surface area contributed by atoms with Crippen molar-refractivity contribution >= 4 is 45.9 Å². The minimum absolute atomic E-state index is 0.158. The molecule has 4 rings (SSSR count). The molecule has 3 aromatic carbocycles. The maximum atomic E-state index is 12.7. The highest BCUT2D eigenvalue weighted by molar-refractivity contribution is 8.00. The second kappa shape index (κ2) is 10.1. The molecule has 0 saturated heterocycles. The van der Waals surface area contributed by atoms with Crippen LogP contribution in [0.2, 0.25) is 0 Å². The summed E-state index contributed by atoms with van der Waals surface area (Å²) in [7, 11) is 1.55. The molecule has 166 valence electrons. The van der Waals surface area contributed by atoms with Crippen LogP contribution >= 0.6 is 11.8 Å². The van der Waals surface area contributed by atoms with Crippen LogP contribution in [0, 0.1) is 0 Å². The predicted molar refractivity (Wildman–Crippen MR) is 131 cm³/mol. The zero-order chi connectivity index (χ0) is 23.2. The third-order valence-corrected chi connectivity index (χ3v) is 6.05. The van der Waals surface area contributed by atoms with Crippen molar-refractivity contribution in [2.24, 2.45) is 0 Å². The first-order valence-corrected chi connectivity index (χ1v) is 11.1. The molecule has 0 aliphatic heterocycles. The van der Waals surface area contributed by atoms with Crippen molar-refractivity contribution in [2.45, 2.75) is 17.2 Å². The summed E-state index contributed by atoms with van der Waals surface area (Å²) in [5, 5.41) is 7.01. The number of anilines is 2. The number of thioether (sulfide) groups is 1. The Balaban J connectivity index is 1.39. The van der Waals surface area contributed by atoms with Gasteiger partial charge in [-0.1, -0.05) is 42.1 Å². The van der Waals surface area contributed by atoms with Crippen LogP contribution < -0.4 is 15.4 Å². The van der Waals surface area contributed by atoms with Crippen LogP contribution in [0.5, 0.6) is 5.75 Å². The number of carbonyl (C=O) groups excluding carboxylic acids is 2. The highest BCUT2D eigenvalue weighted by atomic mass is 32.2. The molecule has 4 aromatic rings. The van der Waals surface area contributed by atoms with Crippen molar-refractivity contribution in [3.05, 3.63) is 84.7 Å². The number of nitrogens with one attached hydrogen (secondary N) is 2. The van der Waals surface area contributed by atoms with Gasteiger partial charge in [0.05, 0.1) is 23.6 Å². The molecule has 8 heteroatoms. The fraction of sp³-hybridized carbons (Fsp3) is 0.120. The largest absolute Gasteiger partial charge is 0.495 e. The standard InChI is InChI=1S/C25H22N4O3S/c1-16(33-25-19-7-3-4-8-20(19)26-15-27-25)23(30)28-18-13-11-17(12-14-18)24(31)29-21-9-5-6-10-22(21)32-2/h3-16H,1-2H3,(H,28,30)(H,29,31). The Morgan fingerprint density at radius 3 is 2.42 bits per heavy atom. The molecule has 0 bridgehead atoms. The number of amides is 2. The number of ether oxygens (including phenoxy) is 1. The van der Waals surface area contributed by atoms with Crippen LogP contribution in [0.15, 0.2) is 84.1 Å². The molecular weight excluding hydrogens is 436 g/mol. The number of hydrogen-bond donors (Lipinski definition) is 2. The average molecular weight is 459 g/mol. The van der Waals surface area contributed by atoms with Crippen molar-refractivity contribution in [3.63, 3.8) is 0 Å². The van der Waals surface area contributed by atoms with Crippen molar-refractivity contribution < 1.29 is 14.3 Å². The number of methoxy groups -OCH3 is 1. The normalized spacial score (nSPS) is 11.6. The quantitative estimate of drug-likeness (QED) is 0.299. The van der Waals surface area contributed by atoms with E-state index in [0.717, 1.165) is 15.9 Å². The van der Waals surface area contributed by atoms with Gasteiger partial charge in [0, 0.05) is 16.6 Å². The summed E-state index contributed by atoms with van der Waals surface area (Å²) in [6, 6.07) is 21.6. The Labute approximate surface area is 195 Å². The molecular formula is C25H22N4O3S. The Morgan fingerprint density at radius 2 is 1.64 bits per heavy atom. The van der Waals surface area contributed by atoms with Gasteiger partial charge < -0.3 is 15.4 Å². The second-order valence-corrected chi connectivity index (χ2v) is 8.51. The summed E-state index contributed by atoms with van der Waals surface area (Å²) in [5.41, 5.74) is 2.50. The van der Waals surface area contributed by atoms with E-state index < -0.39 is 0 Å². The van der Waals surface area contributed by atoms with Crippen molar-refractivity contribution in [1.82, 2.24) is 9.97 Å². The van der Waals surface area contributed by atoms with Gasteiger partial charge in [-0.2, -0.15) is 0 Å². The highest BCUT2D eigenvalue weighted by Crippen LogP contribution is 2.28. The zero-order valence-corrected chi connectivity index (χ0v) is 18.9. The van der Waals surface area contributed by atoms with Crippen LogP contribution in [0.25, 0.3) is 10.9 Å². The third-order valence-electron chi connectivity index (χ3n) is 4.93. The van der Waals surface area contributed by atoms with Gasteiger partial charge in [-0.25, -0.2) is 9.97 Å². The molecule has 0 fully saturated rings. The number of rotatable bonds is 7. The lowest BCUT2D eigenvalue weighted by Crippen LogP contribution is -2.22. The zero-order valence-electron chi connectivity index (χ0n) is 18.1. The van der Waals surface area contributed by atoms with Crippen LogP contribution in [-0.4, -0.2) is 34.1 Å². The molecule has 0 aliphatic rings. The molecule has 33 heavy (non-hydrogen) atoms. The first kappa shape index (κ1) is 22.3. The maximum Gasteiger partial charge on any atom is 0.255 e. The molecule has 0 saturated carbocycles. The van der Waals surface area contributed by atoms with E-state index in [2.05, 4.69) is 20.6 Å². The molecule has 7 nitrogen and oxygen atoms in total. The Hall–Kier alpha value is -3.91. The number of benzene rings is 3. The number of nitrogens with zero attached hydrogens (tertiary/aromatic N) is 2. The Bertz CT molecular complexity index is 1290. The van der Waals surface area contributed by atoms with E-state index in [1.165, 1.54) is 18.1 Å². The van der Waals surface area contributed by atoms with Gasteiger partial charge in [0.2, 0.25) is 5.91 Å². The second-order valence-electron chi connectivity index (χ2n) is 7.18. The summed E-state index contributed by atoms with van der Waals surface area (Å²) >= 11 is 1.37. The molecule has 1 unspecified atom stereocenters. The molecule has 1 heterocycles. The van der Waals surface area contributed by atoms with Gasteiger partial charge in [-0.3, -0.25) is 9.59 Å². The maximum absolute atomic E-state index is 12.7. The average Bonchev–Trinajstić information content (AvgIpc) is 2.85. The van der Waals surface area contributed by atoms with Crippen molar-refractivity contribution in [1.29, 1.82) is 0 Å². The SMILES string of the molecule is COc1ccccc1NC(=O)c1ccc(NC(=O)C(C)Sc2ncnc3ccccc23)cc1. The number of aromatic nitrogens is 2. The van der Waals surface area contributed by atoms with E-state index >= 15 is 0 Å². The van der Waals surface area contributed by atoms with Crippen LogP contribution in [0.3, 0.4) is 0 Å². The first-order valence-electron chi connectivity index (χ1n) is 10.3. The monoisotopic (exact) mass is 458 g/mol. The van der Waals surface area contributed by atoms with E-state index in [4.69, 9.17) is 4.74 Å². The Morgan fingerprint density at radius 1 is 0.909 bits per heavy atom. The summed E-state index contributed by atoms with van der Waals surface area (Å²) in [4.78, 5) is 33.9. The lowest BCUT2D eigenvalue weighted by molar-refractivity contribution is -0.115. The smallest absolute Gasteiger partial charge is 0.255 e. The van der Waals surface area contributed by atoms with E-state index in [9.17, 15) is 9.59 Å². The molecule has 1 atom stereocenters. The lowest BCUT2D eigenvalue weighted by atomic mass is 10.2. The van der Waals surface area contributed by atoms with E-state index in [-0.39, 0.29) is 17.1 Å². The van der Waals surface area contributed by atoms with Crippen molar-refractivity contribution in [3.8, 4) is 5.75 Å². The molecule has 2 N–H and O–H groups in total. The minimum Gasteiger partial charge on any atom is -0.495 e. The summed E-state index contributed by atoms with van der Waals surface area (Å²) < 4.78 is 5.26. The first-order chi connectivity index (χ1) is 16.0. The van der Waals surface area contributed by atoms with Gasteiger partial charge in [0.15, 0.2) is 0 Å². The number of carbonyl (C=O) groups is 2. The highest BCUT2D eigenvalue weighted by Gasteiger charge is 2.17. The van der Waals surface area contributed by atoms with Crippen LogP contribution in [0.4, 0.5) is 11.4 Å². The molecule has 0 spiro atoms. The number of fused-ring (bicyclic) bond motifs is 1. The Kier molecular flexibility index (Phi) is 6.85. The number of hydrogen-bond acceptors (Lipinski definition) is 6. The van der Waals surface area contributed by atoms with Crippen LogP contribution in [0.1, 0.15) is 17.3 Å². The van der Waals surface area contributed by atoms with Gasteiger partial charge in [0.1, 0.15) is 17.1 Å². The van der Waals surface area contributed by atoms with Gasteiger partial charge >= 0.3 is 0 Å². The fourth-order valence-electron chi connectivity index (χ4n) is 3.19. The minimum atomic E-state index is -0.378. The van der Waals surface area contributed by atoms with E-state index in [1.54, 1.807) is 43.5 Å². The topological polar surface area (TPSA) is 93.2 Å².